The first-order chi connectivity index (χ1) is 14.6. The Morgan fingerprint density at radius 3 is 2.60 bits per heavy atom. The molecule has 2 aliphatic rings. The molecule has 0 fully saturated rings. The minimum absolute atomic E-state index is 0.0552. The van der Waals surface area contributed by atoms with Crippen LogP contribution in [0.5, 0.6) is 0 Å². The third-order valence-electron chi connectivity index (χ3n) is 5.77. The van der Waals surface area contributed by atoms with Crippen molar-refractivity contribution in [3.8, 4) is 0 Å². The number of allylic oxidation sites excluding steroid dienone is 1. The number of carbonyl (C=O) groups is 2. The van der Waals surface area contributed by atoms with Gasteiger partial charge in [0.05, 0.1) is 17.6 Å². The predicted molar refractivity (Wildman–Crippen MR) is 115 cm³/mol. The van der Waals surface area contributed by atoms with Crippen molar-refractivity contribution in [3.05, 3.63) is 95.1 Å². The van der Waals surface area contributed by atoms with Crippen LogP contribution in [-0.4, -0.2) is 11.7 Å². The zero-order valence-electron chi connectivity index (χ0n) is 16.7. The number of amides is 1. The lowest BCUT2D eigenvalue weighted by Gasteiger charge is -2.32. The number of para-hydroxylation sites is 2. The summed E-state index contributed by atoms with van der Waals surface area (Å²) in [5, 5.41) is 3.45. The number of carbonyl (C=O) groups excluding carboxylic acids is 2. The van der Waals surface area contributed by atoms with Crippen LogP contribution < -0.4 is 10.2 Å². The van der Waals surface area contributed by atoms with Gasteiger partial charge in [0.2, 0.25) is 0 Å². The highest BCUT2D eigenvalue weighted by Crippen LogP contribution is 2.45. The summed E-state index contributed by atoms with van der Waals surface area (Å²) < 4.78 is 5.77. The third-order valence-corrected chi connectivity index (χ3v) is 5.77. The molecule has 0 unspecified atom stereocenters. The average Bonchev–Trinajstić information content (AvgIpc) is 3.23. The number of nitrogens with zero attached hydrogens (tertiary/aromatic N) is 1. The van der Waals surface area contributed by atoms with E-state index in [0.29, 0.717) is 23.3 Å². The Balaban J connectivity index is 1.76. The topological polar surface area (TPSA) is 62.6 Å². The second-order valence-electron chi connectivity index (χ2n) is 7.77. The van der Waals surface area contributed by atoms with Gasteiger partial charge in [-0.1, -0.05) is 29.8 Å². The summed E-state index contributed by atoms with van der Waals surface area (Å²) in [6.45, 7) is 1.99. The van der Waals surface area contributed by atoms with Crippen LogP contribution in [0.1, 0.15) is 47.0 Å². The van der Waals surface area contributed by atoms with Gasteiger partial charge in [-0.15, -0.1) is 0 Å². The molecule has 0 saturated heterocycles. The molecule has 0 bridgehead atoms. The quantitative estimate of drug-likeness (QED) is 0.627. The van der Waals surface area contributed by atoms with E-state index in [4.69, 9.17) is 4.42 Å². The van der Waals surface area contributed by atoms with Gasteiger partial charge in [0.25, 0.3) is 5.91 Å². The number of hydrogen-bond donors (Lipinski definition) is 1. The highest BCUT2D eigenvalue weighted by atomic mass is 16.3. The maximum Gasteiger partial charge on any atom is 0.259 e. The van der Waals surface area contributed by atoms with E-state index in [2.05, 4.69) is 5.32 Å². The van der Waals surface area contributed by atoms with Crippen molar-refractivity contribution in [2.45, 2.75) is 32.2 Å². The van der Waals surface area contributed by atoms with Crippen LogP contribution in [0.4, 0.5) is 11.4 Å². The van der Waals surface area contributed by atoms with Crippen LogP contribution in [0.2, 0.25) is 0 Å². The van der Waals surface area contributed by atoms with Gasteiger partial charge in [-0.2, -0.15) is 0 Å². The minimum atomic E-state index is -0.618. The van der Waals surface area contributed by atoms with Crippen LogP contribution >= 0.6 is 0 Å². The summed E-state index contributed by atoms with van der Waals surface area (Å²) in [4.78, 5) is 28.7. The van der Waals surface area contributed by atoms with Gasteiger partial charge in [-0.05, 0) is 56.2 Å². The van der Waals surface area contributed by atoms with Crippen molar-refractivity contribution in [1.29, 1.82) is 0 Å². The molecule has 150 valence electrons. The maximum absolute atomic E-state index is 13.8. The molecule has 1 amide bonds. The summed E-state index contributed by atoms with van der Waals surface area (Å²) in [6, 6.07) is 18.2. The number of hydrogen-bond acceptors (Lipinski definition) is 4. The molecular weight excluding hydrogens is 376 g/mol. The number of anilines is 2. The van der Waals surface area contributed by atoms with E-state index in [9.17, 15) is 9.59 Å². The van der Waals surface area contributed by atoms with E-state index in [0.717, 1.165) is 35.5 Å². The number of ketones is 1. The molecule has 5 heteroatoms. The third kappa shape index (κ3) is 3.03. The summed E-state index contributed by atoms with van der Waals surface area (Å²) >= 11 is 0. The molecule has 1 aliphatic carbocycles. The number of rotatable bonds is 2. The van der Waals surface area contributed by atoms with E-state index >= 15 is 0 Å². The van der Waals surface area contributed by atoms with Crippen molar-refractivity contribution in [1.82, 2.24) is 0 Å². The van der Waals surface area contributed by atoms with Crippen LogP contribution in [0.25, 0.3) is 0 Å². The molecule has 5 nitrogen and oxygen atoms in total. The lowest BCUT2D eigenvalue weighted by Crippen LogP contribution is -2.37. The standard InChI is InChI=1S/C25H22N2O3/c1-16-11-13-17(14-12-16)25(29)27-20-8-3-2-6-18(20)26-19-7-4-9-21(28)23(19)24(27)22-10-5-15-30-22/h2-3,5-6,8,10-15,24,26H,4,7,9H2,1H3/t24-/m0/s1. The van der Waals surface area contributed by atoms with Crippen molar-refractivity contribution < 1.29 is 14.0 Å². The van der Waals surface area contributed by atoms with E-state index in [1.165, 1.54) is 0 Å². The molecule has 1 N–H and O–H groups in total. The first-order valence-corrected chi connectivity index (χ1v) is 10.2. The Morgan fingerprint density at radius 1 is 1.03 bits per heavy atom. The summed E-state index contributed by atoms with van der Waals surface area (Å²) in [5.41, 5.74) is 4.69. The fraction of sp³-hybridized carbons (Fsp3) is 0.200. The number of benzene rings is 2. The van der Waals surface area contributed by atoms with Gasteiger partial charge in [-0.25, -0.2) is 0 Å². The Morgan fingerprint density at radius 2 is 1.83 bits per heavy atom. The Labute approximate surface area is 175 Å². The molecule has 3 aromatic rings. The first kappa shape index (κ1) is 18.4. The molecule has 1 atom stereocenters. The second kappa shape index (κ2) is 7.34. The molecule has 0 spiro atoms. The minimum Gasteiger partial charge on any atom is -0.467 e. The fourth-order valence-electron chi connectivity index (χ4n) is 4.31. The fourth-order valence-corrected chi connectivity index (χ4v) is 4.31. The maximum atomic E-state index is 13.8. The lowest BCUT2D eigenvalue weighted by molar-refractivity contribution is -0.116. The van der Waals surface area contributed by atoms with Crippen molar-refractivity contribution in [2.75, 3.05) is 10.2 Å². The normalized spacial score (nSPS) is 18.4. The number of nitrogens with one attached hydrogen (secondary N) is 1. The Kier molecular flexibility index (Phi) is 4.51. The van der Waals surface area contributed by atoms with Crippen molar-refractivity contribution in [2.24, 2.45) is 0 Å². The molecule has 2 aromatic carbocycles. The molecule has 1 aliphatic heterocycles. The monoisotopic (exact) mass is 398 g/mol. The van der Waals surface area contributed by atoms with Crippen LogP contribution in [0.15, 0.2) is 82.6 Å². The smallest absolute Gasteiger partial charge is 0.259 e. The molecule has 0 saturated carbocycles. The molecule has 2 heterocycles. The Bertz CT molecular complexity index is 1140. The van der Waals surface area contributed by atoms with E-state index < -0.39 is 6.04 Å². The van der Waals surface area contributed by atoms with Gasteiger partial charge >= 0.3 is 0 Å². The van der Waals surface area contributed by atoms with E-state index in [-0.39, 0.29) is 11.7 Å². The highest BCUT2D eigenvalue weighted by Gasteiger charge is 2.41. The number of fused-ring (bicyclic) bond motifs is 1. The first-order valence-electron chi connectivity index (χ1n) is 10.2. The summed E-state index contributed by atoms with van der Waals surface area (Å²) in [5.74, 6) is 0.467. The molecule has 5 rings (SSSR count). The number of Topliss-reactive ketones (excluding diaryl/α,β-unsaturated/α-hetero) is 1. The molecule has 1 aromatic heterocycles. The van der Waals surface area contributed by atoms with Crippen molar-refractivity contribution in [3.63, 3.8) is 0 Å². The average molecular weight is 398 g/mol. The van der Waals surface area contributed by atoms with Gasteiger partial charge in [0, 0.05) is 23.3 Å². The number of furan rings is 1. The van der Waals surface area contributed by atoms with Crippen LogP contribution in [0, 0.1) is 6.92 Å². The van der Waals surface area contributed by atoms with Gasteiger partial charge in [0.1, 0.15) is 11.8 Å². The van der Waals surface area contributed by atoms with E-state index in [1.807, 2.05) is 61.5 Å². The predicted octanol–water partition coefficient (Wildman–Crippen LogP) is 5.41. The van der Waals surface area contributed by atoms with Crippen LogP contribution in [0.3, 0.4) is 0 Å². The molecular formula is C25H22N2O3. The zero-order chi connectivity index (χ0) is 20.7. The molecule has 0 radical (unpaired) electrons. The van der Waals surface area contributed by atoms with Crippen LogP contribution in [-0.2, 0) is 4.79 Å². The summed E-state index contributed by atoms with van der Waals surface area (Å²) in [7, 11) is 0. The van der Waals surface area contributed by atoms with Gasteiger partial charge in [0.15, 0.2) is 5.78 Å². The second-order valence-corrected chi connectivity index (χ2v) is 7.77. The van der Waals surface area contributed by atoms with Gasteiger partial charge in [-0.3, -0.25) is 14.5 Å². The lowest BCUT2D eigenvalue weighted by atomic mass is 9.88. The van der Waals surface area contributed by atoms with Crippen molar-refractivity contribution >= 4 is 23.1 Å². The largest absolute Gasteiger partial charge is 0.467 e. The Hall–Kier alpha value is -3.60. The SMILES string of the molecule is Cc1ccc(C(=O)N2c3ccccc3NC3=C(C(=O)CCC3)[C@@H]2c2ccco2)cc1. The van der Waals surface area contributed by atoms with Gasteiger partial charge < -0.3 is 9.73 Å². The molecule has 30 heavy (non-hydrogen) atoms. The van der Waals surface area contributed by atoms with E-state index in [1.54, 1.807) is 17.2 Å². The highest BCUT2D eigenvalue weighted by molar-refractivity contribution is 6.11. The summed E-state index contributed by atoms with van der Waals surface area (Å²) in [6.07, 6.45) is 3.62. The zero-order valence-corrected chi connectivity index (χ0v) is 16.7. The number of aryl methyl sites for hydroxylation is 1.